The summed E-state index contributed by atoms with van der Waals surface area (Å²) >= 11 is 0. The second-order valence-corrected chi connectivity index (χ2v) is 4.84. The molecule has 1 aliphatic rings. The van der Waals surface area contributed by atoms with Gasteiger partial charge in [-0.2, -0.15) is 0 Å². The SMILES string of the molecule is CCOc1ccc(NCC2(CNC)CC2)cc1. The largest absolute Gasteiger partial charge is 0.494 e. The number of rotatable bonds is 7. The number of ether oxygens (including phenoxy) is 1. The van der Waals surface area contributed by atoms with Gasteiger partial charge in [0.2, 0.25) is 0 Å². The average Bonchev–Trinajstić information content (AvgIpc) is 3.10. The van der Waals surface area contributed by atoms with E-state index in [-0.39, 0.29) is 0 Å². The maximum Gasteiger partial charge on any atom is 0.119 e. The standard InChI is InChI=1S/C14H22N2O/c1-3-17-13-6-4-12(5-7-13)16-11-14(8-9-14)10-15-2/h4-7,15-16H,3,8-11H2,1-2H3. The van der Waals surface area contributed by atoms with Crippen LogP contribution in [0.3, 0.4) is 0 Å². The normalized spacial score (nSPS) is 16.6. The Morgan fingerprint density at radius 3 is 2.41 bits per heavy atom. The zero-order chi connectivity index (χ0) is 12.1. The predicted molar refractivity (Wildman–Crippen MR) is 71.7 cm³/mol. The lowest BCUT2D eigenvalue weighted by Crippen LogP contribution is -2.26. The molecule has 3 heteroatoms. The van der Waals surface area contributed by atoms with Crippen molar-refractivity contribution in [3.05, 3.63) is 24.3 Å². The molecule has 0 amide bonds. The molecule has 94 valence electrons. The van der Waals surface area contributed by atoms with Crippen LogP contribution in [0.4, 0.5) is 5.69 Å². The number of hydrogen-bond donors (Lipinski definition) is 2. The third-order valence-electron chi connectivity index (χ3n) is 3.34. The maximum absolute atomic E-state index is 5.42. The van der Waals surface area contributed by atoms with Gasteiger partial charge in [0.1, 0.15) is 5.75 Å². The summed E-state index contributed by atoms with van der Waals surface area (Å²) in [4.78, 5) is 0. The van der Waals surface area contributed by atoms with E-state index in [1.807, 2.05) is 26.1 Å². The molecule has 17 heavy (non-hydrogen) atoms. The van der Waals surface area contributed by atoms with Crippen LogP contribution in [0.1, 0.15) is 19.8 Å². The van der Waals surface area contributed by atoms with Crippen molar-refractivity contribution in [2.45, 2.75) is 19.8 Å². The van der Waals surface area contributed by atoms with Gasteiger partial charge in [0.05, 0.1) is 6.61 Å². The highest BCUT2D eigenvalue weighted by molar-refractivity contribution is 5.46. The maximum atomic E-state index is 5.42. The summed E-state index contributed by atoms with van der Waals surface area (Å²) in [7, 11) is 2.02. The van der Waals surface area contributed by atoms with E-state index < -0.39 is 0 Å². The molecule has 0 aliphatic heterocycles. The molecule has 0 spiro atoms. The van der Waals surface area contributed by atoms with E-state index in [1.54, 1.807) is 0 Å². The van der Waals surface area contributed by atoms with Crippen LogP contribution in [0.15, 0.2) is 24.3 Å². The Morgan fingerprint density at radius 2 is 1.88 bits per heavy atom. The van der Waals surface area contributed by atoms with E-state index in [1.165, 1.54) is 18.5 Å². The van der Waals surface area contributed by atoms with Gasteiger partial charge in [0.25, 0.3) is 0 Å². The summed E-state index contributed by atoms with van der Waals surface area (Å²) in [6, 6.07) is 8.20. The van der Waals surface area contributed by atoms with Gasteiger partial charge in [-0.1, -0.05) is 0 Å². The Bertz CT molecular complexity index is 344. The van der Waals surface area contributed by atoms with Gasteiger partial charge in [-0.25, -0.2) is 0 Å². The summed E-state index contributed by atoms with van der Waals surface area (Å²) in [6.07, 6.45) is 2.66. The first-order valence-corrected chi connectivity index (χ1v) is 6.39. The van der Waals surface area contributed by atoms with Crippen LogP contribution in [0.2, 0.25) is 0 Å². The zero-order valence-corrected chi connectivity index (χ0v) is 10.8. The first-order valence-electron chi connectivity index (χ1n) is 6.39. The monoisotopic (exact) mass is 234 g/mol. The van der Waals surface area contributed by atoms with E-state index in [0.29, 0.717) is 5.41 Å². The smallest absolute Gasteiger partial charge is 0.119 e. The minimum absolute atomic E-state index is 0.493. The molecule has 1 fully saturated rings. The molecule has 1 aromatic carbocycles. The second-order valence-electron chi connectivity index (χ2n) is 4.84. The highest BCUT2D eigenvalue weighted by Crippen LogP contribution is 2.44. The molecular weight excluding hydrogens is 212 g/mol. The first-order chi connectivity index (χ1) is 8.28. The second kappa shape index (κ2) is 5.41. The van der Waals surface area contributed by atoms with Crippen LogP contribution < -0.4 is 15.4 Å². The van der Waals surface area contributed by atoms with E-state index in [4.69, 9.17) is 4.74 Å². The van der Waals surface area contributed by atoms with Crippen LogP contribution in [0, 0.1) is 5.41 Å². The molecule has 0 radical (unpaired) electrons. The van der Waals surface area contributed by atoms with Crippen LogP contribution in [0.5, 0.6) is 5.75 Å². The van der Waals surface area contributed by atoms with Gasteiger partial charge in [0, 0.05) is 24.2 Å². The van der Waals surface area contributed by atoms with Gasteiger partial charge in [-0.05, 0) is 51.1 Å². The fourth-order valence-electron chi connectivity index (χ4n) is 2.09. The molecule has 0 unspecified atom stereocenters. The average molecular weight is 234 g/mol. The van der Waals surface area contributed by atoms with E-state index in [0.717, 1.165) is 25.4 Å². The minimum Gasteiger partial charge on any atom is -0.494 e. The summed E-state index contributed by atoms with van der Waals surface area (Å²) in [6.45, 7) is 4.89. The Hall–Kier alpha value is -1.22. The molecule has 0 atom stereocenters. The molecule has 3 nitrogen and oxygen atoms in total. The predicted octanol–water partition coefficient (Wildman–Crippen LogP) is 2.50. The Balaban J connectivity index is 1.83. The molecule has 1 aliphatic carbocycles. The molecule has 0 saturated heterocycles. The van der Waals surface area contributed by atoms with Crippen LogP contribution in [-0.4, -0.2) is 26.7 Å². The van der Waals surface area contributed by atoms with Crippen molar-refractivity contribution in [3.63, 3.8) is 0 Å². The fraction of sp³-hybridized carbons (Fsp3) is 0.571. The van der Waals surface area contributed by atoms with Gasteiger partial charge >= 0.3 is 0 Å². The van der Waals surface area contributed by atoms with Crippen molar-refractivity contribution in [1.29, 1.82) is 0 Å². The third-order valence-corrected chi connectivity index (χ3v) is 3.34. The number of nitrogens with one attached hydrogen (secondary N) is 2. The van der Waals surface area contributed by atoms with Gasteiger partial charge in [0.15, 0.2) is 0 Å². The first kappa shape index (κ1) is 12.2. The van der Waals surface area contributed by atoms with Crippen molar-refractivity contribution in [3.8, 4) is 5.75 Å². The van der Waals surface area contributed by atoms with Crippen molar-refractivity contribution < 1.29 is 4.74 Å². The van der Waals surface area contributed by atoms with Crippen LogP contribution in [0.25, 0.3) is 0 Å². The van der Waals surface area contributed by atoms with Crippen molar-refractivity contribution in [2.75, 3.05) is 32.1 Å². The molecule has 0 aromatic heterocycles. The molecule has 2 rings (SSSR count). The summed E-state index contributed by atoms with van der Waals surface area (Å²) < 4.78 is 5.42. The molecule has 0 bridgehead atoms. The Kier molecular flexibility index (Phi) is 3.89. The highest BCUT2D eigenvalue weighted by atomic mass is 16.5. The van der Waals surface area contributed by atoms with Crippen molar-refractivity contribution in [1.82, 2.24) is 5.32 Å². The number of hydrogen-bond acceptors (Lipinski definition) is 3. The molecule has 2 N–H and O–H groups in total. The minimum atomic E-state index is 0.493. The van der Waals surface area contributed by atoms with Gasteiger partial charge in [-0.3, -0.25) is 0 Å². The van der Waals surface area contributed by atoms with Gasteiger partial charge in [-0.15, -0.1) is 0 Å². The summed E-state index contributed by atoms with van der Waals surface area (Å²) in [5.41, 5.74) is 1.67. The lowest BCUT2D eigenvalue weighted by atomic mass is 10.1. The Labute approximate surface area is 104 Å². The third kappa shape index (κ3) is 3.37. The number of benzene rings is 1. The topological polar surface area (TPSA) is 33.3 Å². The molecule has 1 saturated carbocycles. The lowest BCUT2D eigenvalue weighted by molar-refractivity contribution is 0.340. The zero-order valence-electron chi connectivity index (χ0n) is 10.8. The van der Waals surface area contributed by atoms with Crippen LogP contribution in [-0.2, 0) is 0 Å². The van der Waals surface area contributed by atoms with E-state index in [2.05, 4.69) is 22.8 Å². The van der Waals surface area contributed by atoms with Crippen molar-refractivity contribution >= 4 is 5.69 Å². The fourth-order valence-corrected chi connectivity index (χ4v) is 2.09. The van der Waals surface area contributed by atoms with E-state index >= 15 is 0 Å². The highest BCUT2D eigenvalue weighted by Gasteiger charge is 2.41. The Morgan fingerprint density at radius 1 is 1.18 bits per heavy atom. The van der Waals surface area contributed by atoms with Crippen molar-refractivity contribution in [2.24, 2.45) is 5.41 Å². The molecule has 0 heterocycles. The van der Waals surface area contributed by atoms with Crippen LogP contribution >= 0.6 is 0 Å². The summed E-state index contributed by atoms with van der Waals surface area (Å²) in [5, 5.41) is 6.78. The molecular formula is C14H22N2O. The van der Waals surface area contributed by atoms with E-state index in [9.17, 15) is 0 Å². The van der Waals surface area contributed by atoms with Gasteiger partial charge < -0.3 is 15.4 Å². The molecule has 1 aromatic rings. The quantitative estimate of drug-likeness (QED) is 0.760. The number of anilines is 1. The lowest BCUT2D eigenvalue weighted by Gasteiger charge is -2.16. The summed E-state index contributed by atoms with van der Waals surface area (Å²) in [5.74, 6) is 0.939.